The van der Waals surface area contributed by atoms with Crippen LogP contribution in [0.15, 0.2) is 12.1 Å². The summed E-state index contributed by atoms with van der Waals surface area (Å²) in [6, 6.07) is 3.81. The molecule has 0 radical (unpaired) electrons. The minimum Gasteiger partial charge on any atom is -0.497 e. The van der Waals surface area contributed by atoms with Crippen molar-refractivity contribution < 1.29 is 8.95 Å². The van der Waals surface area contributed by atoms with Crippen LogP contribution in [-0.4, -0.2) is 34.4 Å². The third-order valence-electron chi connectivity index (χ3n) is 2.35. The maximum atomic E-state index is 11.2. The van der Waals surface area contributed by atoms with Crippen molar-refractivity contribution in [2.45, 2.75) is 20.4 Å². The largest absolute Gasteiger partial charge is 0.497 e. The van der Waals surface area contributed by atoms with E-state index < -0.39 is 10.8 Å². The zero-order valence-corrected chi connectivity index (χ0v) is 11.5. The van der Waals surface area contributed by atoms with Crippen molar-refractivity contribution in [3.63, 3.8) is 0 Å². The van der Waals surface area contributed by atoms with Gasteiger partial charge in [-0.3, -0.25) is 9.19 Å². The Morgan fingerprint density at radius 2 is 2.24 bits per heavy atom. The van der Waals surface area contributed by atoms with Crippen LogP contribution in [0.2, 0.25) is 0 Å². The summed E-state index contributed by atoms with van der Waals surface area (Å²) in [5.41, 5.74) is 1.89. The second-order valence-corrected chi connectivity index (χ2v) is 5.61. The lowest BCUT2D eigenvalue weighted by atomic mass is 10.3. The number of nitrogens with zero attached hydrogens (tertiary/aromatic N) is 1. The highest BCUT2D eigenvalue weighted by molar-refractivity contribution is 7.84. The number of aryl methyl sites for hydroxylation is 1. The number of ether oxygens (including phenoxy) is 1. The number of pyridine rings is 1. The van der Waals surface area contributed by atoms with Crippen molar-refractivity contribution >= 4 is 10.8 Å². The molecule has 1 atom stereocenters. The van der Waals surface area contributed by atoms with Crippen molar-refractivity contribution in [2.24, 2.45) is 0 Å². The van der Waals surface area contributed by atoms with E-state index in [1.54, 1.807) is 7.11 Å². The summed E-state index contributed by atoms with van der Waals surface area (Å²) in [5, 5.41) is 3.23. The first-order valence-corrected chi connectivity index (χ1v) is 7.21. The Morgan fingerprint density at radius 3 is 2.88 bits per heavy atom. The summed E-state index contributed by atoms with van der Waals surface area (Å²) in [4.78, 5) is 4.40. The molecule has 1 rings (SSSR count). The fourth-order valence-corrected chi connectivity index (χ4v) is 2.12. The maximum absolute atomic E-state index is 11.2. The molecule has 0 amide bonds. The van der Waals surface area contributed by atoms with Gasteiger partial charge in [-0.2, -0.15) is 0 Å². The van der Waals surface area contributed by atoms with Gasteiger partial charge in [-0.05, 0) is 6.92 Å². The minimum absolute atomic E-state index is 0.680. The number of hydrogen-bond acceptors (Lipinski definition) is 4. The van der Waals surface area contributed by atoms with E-state index in [9.17, 15) is 4.21 Å². The Morgan fingerprint density at radius 1 is 1.47 bits per heavy atom. The Kier molecular flexibility index (Phi) is 6.15. The number of methoxy groups -OCH3 is 1. The third-order valence-corrected chi connectivity index (χ3v) is 3.65. The molecule has 96 valence electrons. The van der Waals surface area contributed by atoms with Gasteiger partial charge in [0.15, 0.2) is 0 Å². The van der Waals surface area contributed by atoms with Gasteiger partial charge in [-0.1, -0.05) is 6.92 Å². The Hall–Kier alpha value is -0.940. The van der Waals surface area contributed by atoms with E-state index in [4.69, 9.17) is 4.74 Å². The zero-order chi connectivity index (χ0) is 12.7. The molecule has 1 unspecified atom stereocenters. The van der Waals surface area contributed by atoms with Gasteiger partial charge in [-0.25, -0.2) is 0 Å². The van der Waals surface area contributed by atoms with Crippen LogP contribution in [0, 0.1) is 6.92 Å². The van der Waals surface area contributed by atoms with Crippen LogP contribution in [0.25, 0.3) is 0 Å². The number of rotatable bonds is 7. The summed E-state index contributed by atoms with van der Waals surface area (Å²) >= 11 is 0. The summed E-state index contributed by atoms with van der Waals surface area (Å²) in [7, 11) is 0.946. The first kappa shape index (κ1) is 14.1. The molecule has 0 saturated carbocycles. The van der Waals surface area contributed by atoms with Crippen LogP contribution in [0.4, 0.5) is 0 Å². The molecule has 4 nitrogen and oxygen atoms in total. The summed E-state index contributed by atoms with van der Waals surface area (Å²) in [5.74, 6) is 2.24. The maximum Gasteiger partial charge on any atom is 0.122 e. The lowest BCUT2D eigenvalue weighted by Gasteiger charge is -2.07. The van der Waals surface area contributed by atoms with Gasteiger partial charge in [0.2, 0.25) is 0 Å². The molecule has 0 saturated heterocycles. The molecule has 0 bridgehead atoms. The van der Waals surface area contributed by atoms with Crippen LogP contribution in [-0.2, 0) is 17.3 Å². The van der Waals surface area contributed by atoms with Gasteiger partial charge < -0.3 is 10.1 Å². The fourth-order valence-electron chi connectivity index (χ4n) is 1.46. The third kappa shape index (κ3) is 5.28. The van der Waals surface area contributed by atoms with Gasteiger partial charge in [0.25, 0.3) is 0 Å². The molecule has 1 heterocycles. The predicted octanol–water partition coefficient (Wildman–Crippen LogP) is 1.26. The molecule has 1 aromatic heterocycles. The molecule has 0 fully saturated rings. The second-order valence-electron chi connectivity index (χ2n) is 3.75. The Labute approximate surface area is 105 Å². The van der Waals surface area contributed by atoms with E-state index in [-0.39, 0.29) is 0 Å². The molecule has 0 aliphatic heterocycles. The second kappa shape index (κ2) is 7.40. The van der Waals surface area contributed by atoms with Crippen LogP contribution in [0.3, 0.4) is 0 Å². The average Bonchev–Trinajstić information content (AvgIpc) is 2.33. The van der Waals surface area contributed by atoms with Crippen LogP contribution >= 0.6 is 0 Å². The smallest absolute Gasteiger partial charge is 0.122 e. The molecule has 0 aliphatic rings. The van der Waals surface area contributed by atoms with Crippen LogP contribution in [0.1, 0.15) is 18.3 Å². The van der Waals surface area contributed by atoms with E-state index in [2.05, 4.69) is 10.3 Å². The van der Waals surface area contributed by atoms with Gasteiger partial charge in [0.05, 0.1) is 12.8 Å². The monoisotopic (exact) mass is 256 g/mol. The van der Waals surface area contributed by atoms with Crippen LogP contribution in [0.5, 0.6) is 5.75 Å². The molecule has 0 spiro atoms. The van der Waals surface area contributed by atoms with Gasteiger partial charge in [0, 0.05) is 53.2 Å². The Balaban J connectivity index is 2.41. The quantitative estimate of drug-likeness (QED) is 0.746. The molecule has 5 heteroatoms. The molecule has 17 heavy (non-hydrogen) atoms. The fraction of sp³-hybridized carbons (Fsp3) is 0.583. The molecular weight excluding hydrogens is 236 g/mol. The number of aromatic nitrogens is 1. The first-order chi connectivity index (χ1) is 8.15. The number of nitrogens with one attached hydrogen (secondary N) is 1. The highest BCUT2D eigenvalue weighted by Crippen LogP contribution is 2.12. The predicted molar refractivity (Wildman–Crippen MR) is 70.8 cm³/mol. The van der Waals surface area contributed by atoms with Crippen molar-refractivity contribution in [1.29, 1.82) is 0 Å². The molecule has 0 aromatic carbocycles. The lowest BCUT2D eigenvalue weighted by Crippen LogP contribution is -2.21. The van der Waals surface area contributed by atoms with Gasteiger partial charge in [0.1, 0.15) is 5.75 Å². The van der Waals surface area contributed by atoms with Gasteiger partial charge in [-0.15, -0.1) is 0 Å². The van der Waals surface area contributed by atoms with Crippen molar-refractivity contribution in [3.05, 3.63) is 23.5 Å². The molecule has 0 aliphatic carbocycles. The summed E-state index contributed by atoms with van der Waals surface area (Å²) < 4.78 is 16.4. The summed E-state index contributed by atoms with van der Waals surface area (Å²) in [6.07, 6.45) is 0. The highest BCUT2D eigenvalue weighted by Gasteiger charge is 2.01. The van der Waals surface area contributed by atoms with Crippen LogP contribution < -0.4 is 10.1 Å². The summed E-state index contributed by atoms with van der Waals surface area (Å²) in [6.45, 7) is 5.30. The van der Waals surface area contributed by atoms with E-state index in [0.717, 1.165) is 29.4 Å². The van der Waals surface area contributed by atoms with Crippen molar-refractivity contribution in [1.82, 2.24) is 10.3 Å². The molecule has 1 N–H and O–H groups in total. The van der Waals surface area contributed by atoms with Crippen molar-refractivity contribution in [2.75, 3.05) is 25.2 Å². The lowest BCUT2D eigenvalue weighted by molar-refractivity contribution is 0.412. The van der Waals surface area contributed by atoms with Gasteiger partial charge >= 0.3 is 0 Å². The Bertz CT molecular complexity index is 383. The topological polar surface area (TPSA) is 51.2 Å². The first-order valence-electron chi connectivity index (χ1n) is 5.73. The zero-order valence-electron chi connectivity index (χ0n) is 10.7. The van der Waals surface area contributed by atoms with E-state index >= 15 is 0 Å². The van der Waals surface area contributed by atoms with E-state index in [1.807, 2.05) is 26.0 Å². The average molecular weight is 256 g/mol. The standard InChI is InChI=1S/C12H20N2O2S/c1-4-17(15)6-5-13-9-11-8-12(16-3)7-10(2)14-11/h7-8,13H,4-6,9H2,1-3H3. The molecular formula is C12H20N2O2S. The van der Waals surface area contributed by atoms with E-state index in [0.29, 0.717) is 12.3 Å². The number of hydrogen-bond donors (Lipinski definition) is 1. The SMILES string of the molecule is CCS(=O)CCNCc1cc(OC)cc(C)n1. The normalized spacial score (nSPS) is 12.4. The van der Waals surface area contributed by atoms with Crippen molar-refractivity contribution in [3.8, 4) is 5.75 Å². The minimum atomic E-state index is -0.703. The highest BCUT2D eigenvalue weighted by atomic mass is 32.2. The molecule has 1 aromatic rings. The van der Waals surface area contributed by atoms with E-state index in [1.165, 1.54) is 0 Å².